The van der Waals surface area contributed by atoms with Crippen molar-refractivity contribution in [2.24, 2.45) is 0 Å². The molecule has 0 saturated heterocycles. The van der Waals surface area contributed by atoms with Crippen molar-refractivity contribution in [3.05, 3.63) is 0 Å². The van der Waals surface area contributed by atoms with Gasteiger partial charge in [-0.1, -0.05) is 13.3 Å². The minimum absolute atomic E-state index is 0.130. The lowest BCUT2D eigenvalue weighted by molar-refractivity contribution is 0.114. The van der Waals surface area contributed by atoms with Crippen molar-refractivity contribution in [3.8, 4) is 0 Å². The highest BCUT2D eigenvalue weighted by Crippen LogP contribution is 2.17. The third-order valence-electron chi connectivity index (χ3n) is 3.05. The van der Waals surface area contributed by atoms with Crippen molar-refractivity contribution in [3.63, 3.8) is 0 Å². The van der Waals surface area contributed by atoms with Crippen LogP contribution >= 0.6 is 0 Å². The molecule has 0 aliphatic rings. The summed E-state index contributed by atoms with van der Waals surface area (Å²) in [4.78, 5) is 16.8. The molecule has 0 radical (unpaired) electrons. The van der Waals surface area contributed by atoms with E-state index in [0.717, 1.165) is 12.8 Å². The minimum atomic E-state index is -0.333. The average Bonchev–Trinajstić information content (AvgIpc) is 2.59. The predicted octanol–water partition coefficient (Wildman–Crippen LogP) is -0.826. The fraction of sp³-hybridized carbons (Fsp3) is 0.769. The first-order valence-electron chi connectivity index (χ1n) is 7.40. The Hall–Kier alpha value is -1.75. The summed E-state index contributed by atoms with van der Waals surface area (Å²) < 4.78 is 5.47. The third kappa shape index (κ3) is 5.75. The van der Waals surface area contributed by atoms with Crippen LogP contribution in [0.25, 0.3) is 0 Å². The molecule has 3 N–H and O–H groups in total. The largest absolute Gasteiger partial charge is 0.376 e. The van der Waals surface area contributed by atoms with Crippen molar-refractivity contribution in [1.29, 1.82) is 0 Å². The molecule has 0 aliphatic heterocycles. The van der Waals surface area contributed by atoms with Crippen molar-refractivity contribution < 1.29 is 20.1 Å². The van der Waals surface area contributed by atoms with Crippen molar-refractivity contribution in [1.82, 2.24) is 15.0 Å². The third-order valence-corrected chi connectivity index (χ3v) is 3.05. The van der Waals surface area contributed by atoms with E-state index in [4.69, 9.17) is 4.74 Å². The highest BCUT2D eigenvalue weighted by molar-refractivity contribution is 5.45. The molecule has 0 fully saturated rings. The van der Waals surface area contributed by atoms with Crippen LogP contribution in [0.4, 0.5) is 17.8 Å². The van der Waals surface area contributed by atoms with E-state index >= 15 is 0 Å². The molecule has 0 unspecified atom stereocenters. The molecule has 0 saturated carbocycles. The number of ether oxygens (including phenoxy) is 1. The van der Waals surface area contributed by atoms with Crippen molar-refractivity contribution >= 4 is 17.8 Å². The maximum atomic E-state index is 9.53. The van der Waals surface area contributed by atoms with Gasteiger partial charge in [-0.3, -0.25) is 4.90 Å². The Morgan fingerprint density at radius 1 is 0.870 bits per heavy atom. The molecule has 0 spiro atoms. The summed E-state index contributed by atoms with van der Waals surface area (Å²) in [6, 6.07) is 0. The molecule has 1 rings (SSSR count). The van der Waals surface area contributed by atoms with E-state index in [1.54, 1.807) is 14.1 Å². The van der Waals surface area contributed by atoms with Crippen LogP contribution in [0, 0.1) is 0 Å². The fourth-order valence-electron chi connectivity index (χ4n) is 1.54. The van der Waals surface area contributed by atoms with Gasteiger partial charge in [-0.25, -0.2) is 0 Å². The molecule has 10 nitrogen and oxygen atoms in total. The van der Waals surface area contributed by atoms with Crippen LogP contribution < -0.4 is 14.7 Å². The number of hydrogen-bond donors (Lipinski definition) is 3. The summed E-state index contributed by atoms with van der Waals surface area (Å²) in [5.74, 6) is 0.643. The molecule has 10 heteroatoms. The van der Waals surface area contributed by atoms with Crippen LogP contribution in [0.5, 0.6) is 0 Å². The summed E-state index contributed by atoms with van der Waals surface area (Å²) in [6.45, 7) is 1.87. The topological polar surface area (TPSA) is 118 Å². The van der Waals surface area contributed by atoms with Crippen molar-refractivity contribution in [2.75, 3.05) is 62.3 Å². The van der Waals surface area contributed by atoms with Crippen LogP contribution in [0.2, 0.25) is 0 Å². The Morgan fingerprint density at radius 2 is 1.39 bits per heavy atom. The van der Waals surface area contributed by atoms with E-state index in [2.05, 4.69) is 21.9 Å². The molecule has 0 amide bonds. The van der Waals surface area contributed by atoms with Gasteiger partial charge in [-0.15, -0.1) is 0 Å². The van der Waals surface area contributed by atoms with Crippen LogP contribution in [0.3, 0.4) is 0 Å². The number of anilines is 3. The zero-order chi connectivity index (χ0) is 17.2. The molecule has 1 aromatic rings. The highest BCUT2D eigenvalue weighted by Gasteiger charge is 2.16. The number of aliphatic hydroxyl groups excluding tert-OH is 3. The summed E-state index contributed by atoms with van der Waals surface area (Å²) in [6.07, 6.45) is 1.94. The van der Waals surface area contributed by atoms with Gasteiger partial charge in [-0.05, 0) is 6.42 Å². The Bertz CT molecular complexity index is 436. The number of nitrogens with zero attached hydrogens (tertiary/aromatic N) is 6. The number of aliphatic hydroxyl groups is 3. The van der Waals surface area contributed by atoms with Gasteiger partial charge in [-0.2, -0.15) is 15.0 Å². The molecule has 1 aromatic heterocycles. The SMILES string of the molecule is CCCCOCN(CO)c1nc(N(C)CO)nc(N(C)CO)n1. The molecule has 0 atom stereocenters. The van der Waals surface area contributed by atoms with Crippen LogP contribution in [0.1, 0.15) is 19.8 Å². The zero-order valence-electron chi connectivity index (χ0n) is 13.9. The first kappa shape index (κ1) is 19.3. The molecule has 23 heavy (non-hydrogen) atoms. The van der Waals surface area contributed by atoms with E-state index in [9.17, 15) is 15.3 Å². The smallest absolute Gasteiger partial charge is 0.235 e. The standard InChI is InChI=1S/C13H26N6O4/c1-4-5-6-23-10-19(9-22)13-15-11(17(2)7-20)14-12(16-13)18(3)8-21/h20-22H,4-10H2,1-3H3. The van der Waals surface area contributed by atoms with Gasteiger partial charge in [0.05, 0.1) is 0 Å². The van der Waals surface area contributed by atoms with Gasteiger partial charge >= 0.3 is 0 Å². The average molecular weight is 330 g/mol. The van der Waals surface area contributed by atoms with E-state index in [1.165, 1.54) is 14.7 Å². The van der Waals surface area contributed by atoms with Crippen LogP contribution in [0.15, 0.2) is 0 Å². The van der Waals surface area contributed by atoms with E-state index in [-0.39, 0.29) is 44.8 Å². The van der Waals surface area contributed by atoms with Crippen LogP contribution in [-0.4, -0.2) is 77.9 Å². The number of unbranched alkanes of at least 4 members (excludes halogenated alkanes) is 1. The van der Waals surface area contributed by atoms with Crippen molar-refractivity contribution in [2.45, 2.75) is 19.8 Å². The van der Waals surface area contributed by atoms with Gasteiger partial charge in [0.25, 0.3) is 0 Å². The minimum Gasteiger partial charge on any atom is -0.376 e. The normalized spacial score (nSPS) is 10.7. The molecule has 0 bridgehead atoms. The predicted molar refractivity (Wildman–Crippen MR) is 86.1 cm³/mol. The van der Waals surface area contributed by atoms with Gasteiger partial charge in [0.15, 0.2) is 0 Å². The van der Waals surface area contributed by atoms with Gasteiger partial charge < -0.3 is 29.9 Å². The molecular weight excluding hydrogens is 304 g/mol. The first-order valence-corrected chi connectivity index (χ1v) is 7.40. The van der Waals surface area contributed by atoms with Gasteiger partial charge in [0, 0.05) is 20.7 Å². The van der Waals surface area contributed by atoms with E-state index in [1.807, 2.05) is 0 Å². The van der Waals surface area contributed by atoms with E-state index < -0.39 is 0 Å². The monoisotopic (exact) mass is 330 g/mol. The quantitative estimate of drug-likeness (QED) is 0.350. The second-order valence-corrected chi connectivity index (χ2v) is 4.99. The Balaban J connectivity index is 3.00. The summed E-state index contributed by atoms with van der Waals surface area (Å²) >= 11 is 0. The maximum absolute atomic E-state index is 9.53. The first-order chi connectivity index (χ1) is 11.1. The Morgan fingerprint density at radius 3 is 1.83 bits per heavy atom. The summed E-state index contributed by atoms with van der Waals surface area (Å²) in [5, 5.41) is 28.0. The summed E-state index contributed by atoms with van der Waals surface area (Å²) in [5.41, 5.74) is 0. The lowest BCUT2D eigenvalue weighted by Crippen LogP contribution is -2.32. The van der Waals surface area contributed by atoms with E-state index in [0.29, 0.717) is 6.61 Å². The maximum Gasteiger partial charge on any atom is 0.235 e. The molecule has 0 aliphatic carbocycles. The number of aromatic nitrogens is 3. The summed E-state index contributed by atoms with van der Waals surface area (Å²) in [7, 11) is 3.23. The second kappa shape index (κ2) is 10.1. The molecule has 0 aromatic carbocycles. The highest BCUT2D eigenvalue weighted by atomic mass is 16.5. The lowest BCUT2D eigenvalue weighted by Gasteiger charge is -2.24. The molecule has 132 valence electrons. The van der Waals surface area contributed by atoms with Gasteiger partial charge in [0.2, 0.25) is 17.8 Å². The van der Waals surface area contributed by atoms with Crippen LogP contribution in [-0.2, 0) is 4.74 Å². The fourth-order valence-corrected chi connectivity index (χ4v) is 1.54. The Kier molecular flexibility index (Phi) is 8.48. The number of rotatable bonds is 11. The lowest BCUT2D eigenvalue weighted by atomic mass is 10.4. The molecule has 1 heterocycles. The van der Waals surface area contributed by atoms with Gasteiger partial charge in [0.1, 0.15) is 26.9 Å². The number of hydrogen-bond acceptors (Lipinski definition) is 10. The Labute approximate surface area is 136 Å². The zero-order valence-corrected chi connectivity index (χ0v) is 13.9. The molecular formula is C13H26N6O4. The second-order valence-electron chi connectivity index (χ2n) is 4.99.